The van der Waals surface area contributed by atoms with Gasteiger partial charge in [-0.1, -0.05) is 0 Å². The number of hydrogen-bond acceptors (Lipinski definition) is 5. The summed E-state index contributed by atoms with van der Waals surface area (Å²) in [6.45, 7) is 5.16. The van der Waals surface area contributed by atoms with Gasteiger partial charge in [0.2, 0.25) is 5.91 Å². The van der Waals surface area contributed by atoms with E-state index in [4.69, 9.17) is 0 Å². The number of amides is 1. The molecule has 2 aromatic rings. The summed E-state index contributed by atoms with van der Waals surface area (Å²) < 4.78 is 2.00. The maximum absolute atomic E-state index is 12.4. The average Bonchev–Trinajstić information content (AvgIpc) is 3.18. The molecule has 128 valence electrons. The van der Waals surface area contributed by atoms with Crippen LogP contribution in [0.2, 0.25) is 0 Å². The molecule has 0 spiro atoms. The lowest BCUT2D eigenvalue weighted by Gasteiger charge is -2.28. The Morgan fingerprint density at radius 3 is 3.29 bits per heavy atom. The van der Waals surface area contributed by atoms with Gasteiger partial charge in [-0.3, -0.25) is 4.79 Å². The molecule has 0 aliphatic carbocycles. The molecule has 0 aromatic carbocycles. The zero-order chi connectivity index (χ0) is 16.5. The number of carbonyl (C=O) groups is 1. The van der Waals surface area contributed by atoms with Gasteiger partial charge < -0.3 is 10.2 Å². The van der Waals surface area contributed by atoms with Crippen LogP contribution in [0.5, 0.6) is 0 Å². The Kier molecular flexibility index (Phi) is 4.37. The van der Waals surface area contributed by atoms with Crippen molar-refractivity contribution in [2.75, 3.05) is 13.1 Å². The minimum atomic E-state index is 0.257. The number of carbonyl (C=O) groups excluding carboxylic acids is 1. The number of aromatic nitrogens is 3. The summed E-state index contributed by atoms with van der Waals surface area (Å²) in [5, 5.41) is 10.1. The van der Waals surface area contributed by atoms with E-state index >= 15 is 0 Å². The van der Waals surface area contributed by atoms with Crippen LogP contribution >= 0.6 is 11.3 Å². The summed E-state index contributed by atoms with van der Waals surface area (Å²) in [7, 11) is 0. The average molecular weight is 345 g/mol. The van der Waals surface area contributed by atoms with E-state index in [-0.39, 0.29) is 5.91 Å². The van der Waals surface area contributed by atoms with Gasteiger partial charge >= 0.3 is 0 Å². The van der Waals surface area contributed by atoms with Crippen LogP contribution in [0.1, 0.15) is 34.9 Å². The second-order valence-corrected chi connectivity index (χ2v) is 7.63. The fourth-order valence-electron chi connectivity index (χ4n) is 3.60. The van der Waals surface area contributed by atoms with Crippen LogP contribution in [0.4, 0.5) is 0 Å². The minimum absolute atomic E-state index is 0.257. The zero-order valence-electron chi connectivity index (χ0n) is 14.0. The Hall–Kier alpha value is -1.73. The van der Waals surface area contributed by atoms with Gasteiger partial charge in [0, 0.05) is 43.4 Å². The molecule has 0 unspecified atom stereocenters. The van der Waals surface area contributed by atoms with E-state index in [9.17, 15) is 4.79 Å². The van der Waals surface area contributed by atoms with Crippen LogP contribution in [-0.4, -0.2) is 44.7 Å². The number of nitrogens with one attached hydrogen (secondary N) is 1. The van der Waals surface area contributed by atoms with Crippen molar-refractivity contribution in [2.24, 2.45) is 0 Å². The number of thiophene rings is 1. The molecule has 0 saturated carbocycles. The first-order valence-corrected chi connectivity index (χ1v) is 9.54. The lowest BCUT2D eigenvalue weighted by atomic mass is 10.1. The third-order valence-electron chi connectivity index (χ3n) is 4.90. The monoisotopic (exact) mass is 345 g/mol. The van der Waals surface area contributed by atoms with Crippen molar-refractivity contribution in [3.63, 3.8) is 0 Å². The quantitative estimate of drug-likeness (QED) is 0.913. The van der Waals surface area contributed by atoms with E-state index in [0.717, 1.165) is 57.1 Å². The second kappa shape index (κ2) is 6.64. The van der Waals surface area contributed by atoms with Gasteiger partial charge in [0.05, 0.1) is 6.54 Å². The van der Waals surface area contributed by atoms with Crippen LogP contribution < -0.4 is 5.32 Å². The Balaban J connectivity index is 1.24. The molecule has 2 aliphatic rings. The molecule has 1 N–H and O–H groups in total. The fourth-order valence-corrected chi connectivity index (χ4v) is 4.49. The van der Waals surface area contributed by atoms with Gasteiger partial charge in [0.25, 0.3) is 0 Å². The third-order valence-corrected chi connectivity index (χ3v) is 5.92. The predicted molar refractivity (Wildman–Crippen MR) is 92.9 cm³/mol. The Labute approximate surface area is 145 Å². The largest absolute Gasteiger partial charge is 0.338 e. The van der Waals surface area contributed by atoms with Crippen molar-refractivity contribution in [3.8, 4) is 0 Å². The van der Waals surface area contributed by atoms with Crippen molar-refractivity contribution in [1.29, 1.82) is 0 Å². The van der Waals surface area contributed by atoms with E-state index in [2.05, 4.69) is 26.8 Å². The maximum Gasteiger partial charge on any atom is 0.224 e. The first kappa shape index (κ1) is 15.8. The minimum Gasteiger partial charge on any atom is -0.338 e. The first-order chi connectivity index (χ1) is 11.7. The van der Waals surface area contributed by atoms with Crippen LogP contribution in [-0.2, 0) is 30.7 Å². The molecule has 1 amide bonds. The van der Waals surface area contributed by atoms with Crippen molar-refractivity contribution >= 4 is 17.2 Å². The third kappa shape index (κ3) is 3.23. The summed E-state index contributed by atoms with van der Waals surface area (Å²) >= 11 is 1.81. The molecule has 1 atom stereocenters. The Morgan fingerprint density at radius 1 is 1.46 bits per heavy atom. The fraction of sp³-hybridized carbons (Fsp3) is 0.588. The summed E-state index contributed by atoms with van der Waals surface area (Å²) in [4.78, 5) is 20.3. The molecule has 7 heteroatoms. The number of hydrogen-bond donors (Lipinski definition) is 1. The summed E-state index contributed by atoms with van der Waals surface area (Å²) in [6.07, 6.45) is 3.59. The molecular formula is C17H23N5OS. The van der Waals surface area contributed by atoms with Gasteiger partial charge in [-0.2, -0.15) is 5.10 Å². The van der Waals surface area contributed by atoms with Crippen LogP contribution in [0.15, 0.2) is 11.4 Å². The number of aryl methyl sites for hydroxylation is 2. The molecule has 0 saturated heterocycles. The highest BCUT2D eigenvalue weighted by atomic mass is 32.1. The maximum atomic E-state index is 12.4. The summed E-state index contributed by atoms with van der Waals surface area (Å²) in [5.41, 5.74) is 1.33. The van der Waals surface area contributed by atoms with Gasteiger partial charge in [0.15, 0.2) is 0 Å². The highest BCUT2D eigenvalue weighted by molar-refractivity contribution is 7.10. The SMILES string of the molecule is Cc1nc2n(n1)C[C@H](NCCC(=O)N1CCc3sccc3C1)CC2. The molecule has 6 nitrogen and oxygen atoms in total. The Bertz CT molecular complexity index is 737. The highest BCUT2D eigenvalue weighted by Crippen LogP contribution is 2.24. The van der Waals surface area contributed by atoms with Gasteiger partial charge in [-0.25, -0.2) is 9.67 Å². The lowest BCUT2D eigenvalue weighted by molar-refractivity contribution is -0.132. The lowest BCUT2D eigenvalue weighted by Crippen LogP contribution is -2.41. The molecule has 0 bridgehead atoms. The normalized spacial score (nSPS) is 19.9. The summed E-state index contributed by atoms with van der Waals surface area (Å²) in [6, 6.07) is 2.54. The number of nitrogens with zero attached hydrogens (tertiary/aromatic N) is 4. The Morgan fingerprint density at radius 2 is 2.38 bits per heavy atom. The number of fused-ring (bicyclic) bond motifs is 2. The van der Waals surface area contributed by atoms with Gasteiger partial charge in [0.1, 0.15) is 11.6 Å². The summed E-state index contributed by atoms with van der Waals surface area (Å²) in [5.74, 6) is 2.19. The highest BCUT2D eigenvalue weighted by Gasteiger charge is 2.23. The zero-order valence-corrected chi connectivity index (χ0v) is 14.8. The van der Waals surface area contributed by atoms with Crippen molar-refractivity contribution in [2.45, 2.75) is 51.7 Å². The van der Waals surface area contributed by atoms with E-state index in [1.54, 1.807) is 0 Å². The predicted octanol–water partition coefficient (Wildman–Crippen LogP) is 1.53. The van der Waals surface area contributed by atoms with E-state index < -0.39 is 0 Å². The molecule has 2 aliphatic heterocycles. The molecular weight excluding hydrogens is 322 g/mol. The van der Waals surface area contributed by atoms with Crippen molar-refractivity contribution in [3.05, 3.63) is 33.5 Å². The van der Waals surface area contributed by atoms with Crippen molar-refractivity contribution < 1.29 is 4.79 Å². The standard InChI is InChI=1S/C17H23N5OS/c1-12-19-16-3-2-14(11-22(16)20-12)18-7-4-17(23)21-8-5-15-13(10-21)6-9-24-15/h6,9,14,18H,2-5,7-8,10-11H2,1H3/t14-/m1/s1. The molecule has 4 rings (SSSR count). The van der Waals surface area contributed by atoms with E-state index in [1.165, 1.54) is 10.4 Å². The first-order valence-electron chi connectivity index (χ1n) is 8.66. The van der Waals surface area contributed by atoms with Gasteiger partial charge in [-0.15, -0.1) is 11.3 Å². The van der Waals surface area contributed by atoms with Gasteiger partial charge in [-0.05, 0) is 36.8 Å². The smallest absolute Gasteiger partial charge is 0.224 e. The van der Waals surface area contributed by atoms with E-state index in [1.807, 2.05) is 27.8 Å². The van der Waals surface area contributed by atoms with Crippen LogP contribution in [0.25, 0.3) is 0 Å². The second-order valence-electron chi connectivity index (χ2n) is 6.63. The van der Waals surface area contributed by atoms with Crippen LogP contribution in [0.3, 0.4) is 0 Å². The van der Waals surface area contributed by atoms with Crippen molar-refractivity contribution in [1.82, 2.24) is 25.0 Å². The van der Waals surface area contributed by atoms with E-state index in [0.29, 0.717) is 12.5 Å². The molecule has 0 fully saturated rings. The molecule has 4 heterocycles. The molecule has 24 heavy (non-hydrogen) atoms. The van der Waals surface area contributed by atoms with Crippen LogP contribution in [0, 0.1) is 6.92 Å². The molecule has 0 radical (unpaired) electrons. The topological polar surface area (TPSA) is 63.1 Å². The number of rotatable bonds is 4. The molecule has 2 aromatic heterocycles.